The van der Waals surface area contributed by atoms with Gasteiger partial charge in [-0.3, -0.25) is 4.79 Å². The van der Waals surface area contributed by atoms with Crippen LogP contribution in [-0.4, -0.2) is 21.7 Å². The number of nitrogens with one attached hydrogen (secondary N) is 1. The van der Waals surface area contributed by atoms with Gasteiger partial charge in [0.1, 0.15) is 5.60 Å². The maximum absolute atomic E-state index is 11.9. The van der Waals surface area contributed by atoms with Crippen LogP contribution in [0.1, 0.15) is 31.3 Å². The molecule has 100 valence electrons. The molecule has 0 saturated heterocycles. The molecule has 0 fully saturated rings. The van der Waals surface area contributed by atoms with Crippen LogP contribution >= 0.6 is 0 Å². The second-order valence-electron chi connectivity index (χ2n) is 5.23. The third-order valence-corrected chi connectivity index (χ3v) is 2.49. The van der Waals surface area contributed by atoms with Crippen LogP contribution in [0.2, 0.25) is 0 Å². The van der Waals surface area contributed by atoms with Crippen molar-refractivity contribution in [3.05, 3.63) is 40.2 Å². The van der Waals surface area contributed by atoms with Crippen LogP contribution in [-0.2, 0) is 4.74 Å². The summed E-state index contributed by atoms with van der Waals surface area (Å²) >= 11 is 0. The summed E-state index contributed by atoms with van der Waals surface area (Å²) in [7, 11) is 0. The lowest BCUT2D eigenvalue weighted by molar-refractivity contribution is 0.00601. The van der Waals surface area contributed by atoms with Gasteiger partial charge in [0.15, 0.2) is 11.4 Å². The van der Waals surface area contributed by atoms with Gasteiger partial charge in [-0.05, 0) is 32.9 Å². The van der Waals surface area contributed by atoms with Gasteiger partial charge in [-0.1, -0.05) is 12.1 Å². The number of ether oxygens (including phenoxy) is 1. The Bertz CT molecular complexity index is 695. The number of para-hydroxylation sites is 1. The smallest absolute Gasteiger partial charge is 0.359 e. The summed E-state index contributed by atoms with van der Waals surface area (Å²) in [6.45, 7) is 5.13. The number of rotatable bonds is 1. The fourth-order valence-corrected chi connectivity index (χ4v) is 1.70. The second-order valence-corrected chi connectivity index (χ2v) is 5.23. The Morgan fingerprint density at radius 1 is 1.26 bits per heavy atom. The van der Waals surface area contributed by atoms with E-state index in [9.17, 15) is 14.7 Å². The van der Waals surface area contributed by atoms with Crippen molar-refractivity contribution in [2.24, 2.45) is 0 Å². The highest BCUT2D eigenvalue weighted by Gasteiger charge is 2.23. The number of aromatic nitrogens is 1. The number of hydrogen-bond acceptors (Lipinski definition) is 4. The van der Waals surface area contributed by atoms with E-state index in [-0.39, 0.29) is 5.69 Å². The molecule has 0 spiro atoms. The molecule has 0 aliphatic carbocycles. The predicted molar refractivity (Wildman–Crippen MR) is 71.4 cm³/mol. The Labute approximate surface area is 109 Å². The lowest BCUT2D eigenvalue weighted by atomic mass is 10.1. The van der Waals surface area contributed by atoms with Gasteiger partial charge in [0.05, 0.1) is 5.52 Å². The molecule has 0 amide bonds. The summed E-state index contributed by atoms with van der Waals surface area (Å²) in [6.07, 6.45) is 0. The van der Waals surface area contributed by atoms with E-state index in [0.717, 1.165) is 0 Å². The highest BCUT2D eigenvalue weighted by Crippen LogP contribution is 2.19. The number of hydrogen-bond donors (Lipinski definition) is 2. The molecule has 1 heterocycles. The molecule has 0 saturated carbocycles. The van der Waals surface area contributed by atoms with Crippen LogP contribution in [0.15, 0.2) is 29.1 Å². The monoisotopic (exact) mass is 261 g/mol. The minimum absolute atomic E-state index is 0.223. The van der Waals surface area contributed by atoms with Crippen molar-refractivity contribution in [3.8, 4) is 5.75 Å². The summed E-state index contributed by atoms with van der Waals surface area (Å²) in [5.74, 6) is -1.37. The zero-order chi connectivity index (χ0) is 14.2. The molecular formula is C14H15NO4. The van der Waals surface area contributed by atoms with Crippen LogP contribution in [0.25, 0.3) is 10.9 Å². The lowest BCUT2D eigenvalue weighted by Crippen LogP contribution is -2.25. The Balaban J connectivity index is 2.59. The minimum Gasteiger partial charge on any atom is -0.502 e. The Kier molecular flexibility index (Phi) is 3.06. The Hall–Kier alpha value is -2.30. The van der Waals surface area contributed by atoms with Gasteiger partial charge in [0.2, 0.25) is 5.43 Å². The SMILES string of the molecule is CC(C)(C)OC(=O)c1[nH]c2ccccc2c(=O)c1O. The van der Waals surface area contributed by atoms with Crippen molar-refractivity contribution in [1.29, 1.82) is 0 Å². The fourth-order valence-electron chi connectivity index (χ4n) is 1.70. The average Bonchev–Trinajstić information content (AvgIpc) is 2.31. The lowest BCUT2D eigenvalue weighted by Gasteiger charge is -2.19. The van der Waals surface area contributed by atoms with Gasteiger partial charge < -0.3 is 14.8 Å². The number of benzene rings is 1. The van der Waals surface area contributed by atoms with Crippen LogP contribution in [0.4, 0.5) is 0 Å². The van der Waals surface area contributed by atoms with Crippen molar-refractivity contribution in [3.63, 3.8) is 0 Å². The van der Waals surface area contributed by atoms with Crippen molar-refractivity contribution >= 4 is 16.9 Å². The quantitative estimate of drug-likeness (QED) is 0.771. The first-order chi connectivity index (χ1) is 8.79. The van der Waals surface area contributed by atoms with Gasteiger partial charge in [-0.15, -0.1) is 0 Å². The van der Waals surface area contributed by atoms with Crippen LogP contribution in [0, 0.1) is 0 Å². The van der Waals surface area contributed by atoms with Crippen molar-refractivity contribution in [1.82, 2.24) is 4.98 Å². The molecule has 1 aromatic carbocycles. The number of esters is 1. The van der Waals surface area contributed by atoms with Gasteiger partial charge in [0.25, 0.3) is 0 Å². The van der Waals surface area contributed by atoms with Crippen LogP contribution in [0.5, 0.6) is 5.75 Å². The molecule has 0 aliphatic rings. The number of fused-ring (bicyclic) bond motifs is 1. The molecular weight excluding hydrogens is 246 g/mol. The first kappa shape index (κ1) is 13.1. The average molecular weight is 261 g/mol. The Morgan fingerprint density at radius 3 is 2.53 bits per heavy atom. The first-order valence-corrected chi connectivity index (χ1v) is 5.87. The third kappa shape index (κ3) is 2.59. The summed E-state index contributed by atoms with van der Waals surface area (Å²) in [5, 5.41) is 10.1. The number of carbonyl (C=O) groups is 1. The highest BCUT2D eigenvalue weighted by molar-refractivity contribution is 5.94. The van der Waals surface area contributed by atoms with Crippen LogP contribution < -0.4 is 5.43 Å². The maximum atomic E-state index is 11.9. The predicted octanol–water partition coefficient (Wildman–Crippen LogP) is 2.19. The molecule has 0 radical (unpaired) electrons. The summed E-state index contributed by atoms with van der Waals surface area (Å²) in [6, 6.07) is 6.65. The third-order valence-electron chi connectivity index (χ3n) is 2.49. The molecule has 1 aromatic heterocycles. The van der Waals surface area contributed by atoms with E-state index >= 15 is 0 Å². The van der Waals surface area contributed by atoms with E-state index in [1.54, 1.807) is 45.0 Å². The molecule has 19 heavy (non-hydrogen) atoms. The van der Waals surface area contributed by atoms with E-state index in [1.807, 2.05) is 0 Å². The second kappa shape index (κ2) is 4.42. The Morgan fingerprint density at radius 2 is 1.89 bits per heavy atom. The molecule has 2 N–H and O–H groups in total. The van der Waals surface area contributed by atoms with Crippen LogP contribution in [0.3, 0.4) is 0 Å². The summed E-state index contributed by atoms with van der Waals surface area (Å²) in [4.78, 5) is 26.6. The van der Waals surface area contributed by atoms with Gasteiger partial charge >= 0.3 is 5.97 Å². The molecule has 0 atom stereocenters. The van der Waals surface area contributed by atoms with Crippen molar-refractivity contribution in [2.45, 2.75) is 26.4 Å². The number of pyridine rings is 1. The normalized spacial score (nSPS) is 11.5. The molecule has 0 unspecified atom stereocenters. The summed E-state index contributed by atoms with van der Waals surface area (Å²) < 4.78 is 5.14. The van der Waals surface area contributed by atoms with E-state index in [1.165, 1.54) is 0 Å². The van der Waals surface area contributed by atoms with E-state index in [0.29, 0.717) is 10.9 Å². The fraction of sp³-hybridized carbons (Fsp3) is 0.286. The molecule has 2 rings (SSSR count). The number of H-pyrrole nitrogens is 1. The standard InChI is InChI=1S/C14H15NO4/c1-14(2,3)19-13(18)10-12(17)11(16)8-6-4-5-7-9(8)15-10/h4-7,17H,1-3H3,(H,15,16). The molecule has 0 bridgehead atoms. The minimum atomic E-state index is -0.757. The summed E-state index contributed by atoms with van der Waals surface area (Å²) in [5.41, 5.74) is -1.04. The maximum Gasteiger partial charge on any atom is 0.359 e. The van der Waals surface area contributed by atoms with E-state index < -0.39 is 22.7 Å². The van der Waals surface area contributed by atoms with Gasteiger partial charge in [0, 0.05) is 5.39 Å². The van der Waals surface area contributed by atoms with Gasteiger partial charge in [-0.25, -0.2) is 4.79 Å². The zero-order valence-electron chi connectivity index (χ0n) is 11.0. The largest absolute Gasteiger partial charge is 0.502 e. The topological polar surface area (TPSA) is 79.4 Å². The van der Waals surface area contributed by atoms with Crippen molar-refractivity contribution < 1.29 is 14.6 Å². The van der Waals surface area contributed by atoms with E-state index in [2.05, 4.69) is 4.98 Å². The number of aromatic amines is 1. The molecule has 5 heteroatoms. The first-order valence-electron chi connectivity index (χ1n) is 5.87. The number of aromatic hydroxyl groups is 1. The highest BCUT2D eigenvalue weighted by atomic mass is 16.6. The number of carbonyl (C=O) groups excluding carboxylic acids is 1. The van der Waals surface area contributed by atoms with Gasteiger partial charge in [-0.2, -0.15) is 0 Å². The molecule has 0 aliphatic heterocycles. The van der Waals surface area contributed by atoms with E-state index in [4.69, 9.17) is 4.74 Å². The zero-order valence-corrected chi connectivity index (χ0v) is 11.0. The molecule has 5 nitrogen and oxygen atoms in total. The van der Waals surface area contributed by atoms with Crippen molar-refractivity contribution in [2.75, 3.05) is 0 Å². The molecule has 2 aromatic rings.